The Labute approximate surface area is 192 Å². The van der Waals surface area contributed by atoms with Gasteiger partial charge in [0.2, 0.25) is 0 Å². The number of benzene rings is 2. The SMILES string of the molecule is CN=C(NCc1ccc(OCC(F)(F)F)cc1)NCc1cccc(CN(C)C)c1.I. The first kappa shape index (κ1) is 26.0. The van der Waals surface area contributed by atoms with Crippen LogP contribution >= 0.6 is 24.0 Å². The second kappa shape index (κ2) is 12.6. The van der Waals surface area contributed by atoms with Gasteiger partial charge in [-0.15, -0.1) is 24.0 Å². The third-order valence-electron chi connectivity index (χ3n) is 3.96. The molecule has 0 atom stereocenters. The minimum atomic E-state index is -4.34. The molecule has 0 bridgehead atoms. The number of nitrogens with zero attached hydrogens (tertiary/aromatic N) is 2. The largest absolute Gasteiger partial charge is 0.484 e. The Kier molecular flexibility index (Phi) is 11.0. The van der Waals surface area contributed by atoms with E-state index >= 15 is 0 Å². The summed E-state index contributed by atoms with van der Waals surface area (Å²) >= 11 is 0. The zero-order valence-electron chi connectivity index (χ0n) is 17.3. The van der Waals surface area contributed by atoms with Crippen molar-refractivity contribution in [3.8, 4) is 5.75 Å². The molecule has 0 radical (unpaired) electrons. The molecule has 0 aliphatic rings. The van der Waals surface area contributed by atoms with Crippen LogP contribution in [0.5, 0.6) is 5.75 Å². The maximum Gasteiger partial charge on any atom is 0.422 e. The minimum Gasteiger partial charge on any atom is -0.484 e. The van der Waals surface area contributed by atoms with Gasteiger partial charge in [0.1, 0.15) is 5.75 Å². The molecule has 9 heteroatoms. The number of hydrogen-bond donors (Lipinski definition) is 2. The molecule has 0 aromatic heterocycles. The fourth-order valence-electron chi connectivity index (χ4n) is 2.66. The van der Waals surface area contributed by atoms with Crippen molar-refractivity contribution in [1.82, 2.24) is 15.5 Å². The quantitative estimate of drug-likeness (QED) is 0.302. The number of rotatable bonds is 8. The monoisotopic (exact) mass is 536 g/mol. The van der Waals surface area contributed by atoms with Gasteiger partial charge in [-0.1, -0.05) is 36.4 Å². The molecule has 0 saturated heterocycles. The second-order valence-electron chi connectivity index (χ2n) is 6.88. The Bertz CT molecular complexity index is 796. The fourth-order valence-corrected chi connectivity index (χ4v) is 2.66. The normalized spacial score (nSPS) is 11.8. The number of halogens is 4. The summed E-state index contributed by atoms with van der Waals surface area (Å²) in [7, 11) is 5.75. The molecule has 2 rings (SSSR count). The Morgan fingerprint density at radius 1 is 0.967 bits per heavy atom. The Morgan fingerprint density at radius 3 is 2.13 bits per heavy atom. The number of aliphatic imine (C=N–C) groups is 1. The van der Waals surface area contributed by atoms with Gasteiger partial charge in [-0.25, -0.2) is 0 Å². The van der Waals surface area contributed by atoms with Gasteiger partial charge in [-0.05, 0) is 42.9 Å². The van der Waals surface area contributed by atoms with Crippen LogP contribution in [-0.2, 0) is 19.6 Å². The maximum atomic E-state index is 12.2. The lowest BCUT2D eigenvalue weighted by Gasteiger charge is -2.14. The average molecular weight is 536 g/mol. The van der Waals surface area contributed by atoms with Crippen molar-refractivity contribution in [2.24, 2.45) is 4.99 Å². The molecule has 0 aliphatic heterocycles. The first-order valence-corrected chi connectivity index (χ1v) is 9.21. The summed E-state index contributed by atoms with van der Waals surface area (Å²) in [5.41, 5.74) is 3.30. The van der Waals surface area contributed by atoms with E-state index in [-0.39, 0.29) is 29.7 Å². The van der Waals surface area contributed by atoms with E-state index in [4.69, 9.17) is 4.74 Å². The van der Waals surface area contributed by atoms with Crippen LogP contribution in [0.3, 0.4) is 0 Å². The molecule has 0 amide bonds. The Morgan fingerprint density at radius 2 is 1.57 bits per heavy atom. The molecule has 0 heterocycles. The number of guanidine groups is 1. The lowest BCUT2D eigenvalue weighted by atomic mass is 10.1. The van der Waals surface area contributed by atoms with Gasteiger partial charge in [-0.2, -0.15) is 13.2 Å². The predicted octanol–water partition coefficient (Wildman–Crippen LogP) is 4.17. The Balaban J connectivity index is 0.00000450. The standard InChI is InChI=1S/C21H27F3N4O.HI/c1-25-20(27-13-17-5-4-6-18(11-17)14-28(2)3)26-12-16-7-9-19(10-8-16)29-15-21(22,23)24;/h4-11H,12-15H2,1-3H3,(H2,25,26,27);1H. The van der Waals surface area contributed by atoms with E-state index in [2.05, 4.69) is 38.7 Å². The zero-order chi connectivity index (χ0) is 21.3. The summed E-state index contributed by atoms with van der Waals surface area (Å²) in [6, 6.07) is 14.8. The Hall–Kier alpha value is -2.01. The summed E-state index contributed by atoms with van der Waals surface area (Å²) < 4.78 is 41.3. The molecule has 5 nitrogen and oxygen atoms in total. The number of hydrogen-bond acceptors (Lipinski definition) is 3. The van der Waals surface area contributed by atoms with Crippen molar-refractivity contribution < 1.29 is 17.9 Å². The van der Waals surface area contributed by atoms with Gasteiger partial charge >= 0.3 is 6.18 Å². The molecule has 0 spiro atoms. The lowest BCUT2D eigenvalue weighted by molar-refractivity contribution is -0.153. The summed E-state index contributed by atoms with van der Waals surface area (Å²) in [6.45, 7) is 0.700. The van der Waals surface area contributed by atoms with Crippen LogP contribution in [-0.4, -0.2) is 44.8 Å². The van der Waals surface area contributed by atoms with Crippen LogP contribution in [0.2, 0.25) is 0 Å². The highest BCUT2D eigenvalue weighted by atomic mass is 127. The molecule has 2 aromatic carbocycles. The summed E-state index contributed by atoms with van der Waals surface area (Å²) in [5, 5.41) is 6.45. The van der Waals surface area contributed by atoms with E-state index in [0.29, 0.717) is 19.0 Å². The van der Waals surface area contributed by atoms with Gasteiger partial charge in [0.15, 0.2) is 12.6 Å². The second-order valence-corrected chi connectivity index (χ2v) is 6.88. The van der Waals surface area contributed by atoms with Gasteiger partial charge in [0.25, 0.3) is 0 Å². The van der Waals surface area contributed by atoms with Gasteiger partial charge in [0, 0.05) is 26.7 Å². The van der Waals surface area contributed by atoms with E-state index < -0.39 is 12.8 Å². The molecule has 2 aromatic rings. The highest BCUT2D eigenvalue weighted by Crippen LogP contribution is 2.18. The molecule has 2 N–H and O–H groups in total. The van der Waals surface area contributed by atoms with Crippen LogP contribution < -0.4 is 15.4 Å². The molecule has 0 unspecified atom stereocenters. The summed E-state index contributed by atoms with van der Waals surface area (Å²) in [5.74, 6) is 0.826. The van der Waals surface area contributed by atoms with E-state index in [1.54, 1.807) is 19.2 Å². The van der Waals surface area contributed by atoms with E-state index in [0.717, 1.165) is 17.7 Å². The van der Waals surface area contributed by atoms with Crippen LogP contribution in [0, 0.1) is 0 Å². The summed E-state index contributed by atoms with van der Waals surface area (Å²) in [6.07, 6.45) is -4.34. The first-order valence-electron chi connectivity index (χ1n) is 9.21. The van der Waals surface area contributed by atoms with Crippen LogP contribution in [0.25, 0.3) is 0 Å². The van der Waals surface area contributed by atoms with Gasteiger partial charge in [0.05, 0.1) is 0 Å². The van der Waals surface area contributed by atoms with Gasteiger partial charge in [-0.3, -0.25) is 4.99 Å². The minimum absolute atomic E-state index is 0. The first-order chi connectivity index (χ1) is 13.7. The fraction of sp³-hybridized carbons (Fsp3) is 0.381. The van der Waals surface area contributed by atoms with Gasteiger partial charge < -0.3 is 20.3 Å². The molecule has 0 saturated carbocycles. The van der Waals surface area contributed by atoms with Crippen LogP contribution in [0.1, 0.15) is 16.7 Å². The third kappa shape index (κ3) is 10.1. The van der Waals surface area contributed by atoms with Crippen LogP contribution in [0.4, 0.5) is 13.2 Å². The van der Waals surface area contributed by atoms with Crippen molar-refractivity contribution in [3.63, 3.8) is 0 Å². The number of alkyl halides is 3. The molecule has 0 fully saturated rings. The average Bonchev–Trinajstić information content (AvgIpc) is 2.66. The van der Waals surface area contributed by atoms with Crippen molar-refractivity contribution in [3.05, 3.63) is 65.2 Å². The molecule has 0 aliphatic carbocycles. The molecule has 30 heavy (non-hydrogen) atoms. The van der Waals surface area contributed by atoms with Crippen molar-refractivity contribution >= 4 is 29.9 Å². The van der Waals surface area contributed by atoms with E-state index in [1.807, 2.05) is 20.2 Å². The third-order valence-corrected chi connectivity index (χ3v) is 3.96. The topological polar surface area (TPSA) is 48.9 Å². The molecule has 166 valence electrons. The highest BCUT2D eigenvalue weighted by molar-refractivity contribution is 14.0. The highest BCUT2D eigenvalue weighted by Gasteiger charge is 2.28. The smallest absolute Gasteiger partial charge is 0.422 e. The lowest BCUT2D eigenvalue weighted by Crippen LogP contribution is -2.36. The molecular weight excluding hydrogens is 508 g/mol. The van der Waals surface area contributed by atoms with E-state index in [9.17, 15) is 13.2 Å². The van der Waals surface area contributed by atoms with Crippen molar-refractivity contribution in [2.75, 3.05) is 27.7 Å². The zero-order valence-corrected chi connectivity index (χ0v) is 19.6. The van der Waals surface area contributed by atoms with Crippen LogP contribution in [0.15, 0.2) is 53.5 Å². The number of nitrogens with one attached hydrogen (secondary N) is 2. The summed E-state index contributed by atoms with van der Waals surface area (Å²) in [4.78, 5) is 6.32. The number of ether oxygens (including phenoxy) is 1. The predicted molar refractivity (Wildman–Crippen MR) is 124 cm³/mol. The van der Waals surface area contributed by atoms with E-state index in [1.165, 1.54) is 17.7 Å². The molecular formula is C21H28F3IN4O. The van der Waals surface area contributed by atoms with Crippen molar-refractivity contribution in [2.45, 2.75) is 25.8 Å². The maximum absolute atomic E-state index is 12.2. The van der Waals surface area contributed by atoms with Crippen molar-refractivity contribution in [1.29, 1.82) is 0 Å².